The molecule has 104 valence electrons. The van der Waals surface area contributed by atoms with Crippen LogP contribution in [0.1, 0.15) is 10.4 Å². The number of halogens is 4. The lowest BCUT2D eigenvalue weighted by Gasteiger charge is -2.08. The zero-order chi connectivity index (χ0) is 14.9. The van der Waals surface area contributed by atoms with Gasteiger partial charge in [-0.2, -0.15) is 0 Å². The summed E-state index contributed by atoms with van der Waals surface area (Å²) in [4.78, 5) is 11.7. The summed E-state index contributed by atoms with van der Waals surface area (Å²) >= 11 is 0. The summed E-state index contributed by atoms with van der Waals surface area (Å²) in [5.41, 5.74) is 4.11. The van der Waals surface area contributed by atoms with Crippen LogP contribution in [0.2, 0.25) is 0 Å². The Morgan fingerprint density at radius 1 is 0.950 bits per heavy atom. The highest BCUT2D eigenvalue weighted by atomic mass is 19.1. The molecule has 0 aromatic heterocycles. The fourth-order valence-corrected chi connectivity index (χ4v) is 1.56. The predicted octanol–water partition coefficient (Wildman–Crippen LogP) is 3.08. The Balaban J connectivity index is 2.33. The van der Waals surface area contributed by atoms with Gasteiger partial charge < -0.3 is 11.1 Å². The first-order chi connectivity index (χ1) is 9.38. The quantitative estimate of drug-likeness (QED) is 0.657. The normalized spacial score (nSPS) is 10.4. The van der Waals surface area contributed by atoms with Crippen molar-refractivity contribution < 1.29 is 22.4 Å². The minimum absolute atomic E-state index is 0.0955. The van der Waals surface area contributed by atoms with Crippen molar-refractivity contribution >= 4 is 17.3 Å². The maximum atomic E-state index is 13.5. The van der Waals surface area contributed by atoms with E-state index in [4.69, 9.17) is 5.73 Å². The van der Waals surface area contributed by atoms with Gasteiger partial charge in [-0.3, -0.25) is 4.79 Å². The van der Waals surface area contributed by atoms with E-state index in [1.807, 2.05) is 5.32 Å². The molecule has 0 saturated heterocycles. The van der Waals surface area contributed by atoms with Gasteiger partial charge in [-0.25, -0.2) is 17.6 Å². The van der Waals surface area contributed by atoms with Crippen molar-refractivity contribution in [3.63, 3.8) is 0 Å². The first-order valence-electron chi connectivity index (χ1n) is 5.39. The Morgan fingerprint density at radius 3 is 2.10 bits per heavy atom. The summed E-state index contributed by atoms with van der Waals surface area (Å²) in [6, 6.07) is 4.02. The van der Waals surface area contributed by atoms with Crippen LogP contribution < -0.4 is 11.1 Å². The number of amides is 1. The molecule has 0 bridgehead atoms. The van der Waals surface area contributed by atoms with Crippen molar-refractivity contribution in [2.45, 2.75) is 0 Å². The minimum atomic E-state index is -1.30. The number of hydrogen-bond donors (Lipinski definition) is 2. The molecule has 2 aromatic carbocycles. The molecule has 3 N–H and O–H groups in total. The van der Waals surface area contributed by atoms with Gasteiger partial charge in [0.2, 0.25) is 0 Å². The van der Waals surface area contributed by atoms with E-state index in [1.165, 1.54) is 6.07 Å². The van der Waals surface area contributed by atoms with Gasteiger partial charge >= 0.3 is 0 Å². The van der Waals surface area contributed by atoms with Crippen molar-refractivity contribution in [1.29, 1.82) is 0 Å². The van der Waals surface area contributed by atoms with Crippen LogP contribution in [0, 0.1) is 23.3 Å². The average Bonchev–Trinajstić information content (AvgIpc) is 2.33. The second kappa shape index (κ2) is 5.20. The summed E-state index contributed by atoms with van der Waals surface area (Å²) in [5.74, 6) is -5.74. The highest BCUT2D eigenvalue weighted by Crippen LogP contribution is 2.21. The SMILES string of the molecule is Nc1ccc(C(=O)Nc2c(F)cc(F)cc2F)c(F)c1. The second-order valence-electron chi connectivity index (χ2n) is 3.94. The molecular weight excluding hydrogens is 276 g/mol. The van der Waals surface area contributed by atoms with Crippen LogP contribution in [0.25, 0.3) is 0 Å². The van der Waals surface area contributed by atoms with E-state index in [-0.39, 0.29) is 5.69 Å². The van der Waals surface area contributed by atoms with Crippen LogP contribution in [-0.4, -0.2) is 5.91 Å². The molecule has 0 radical (unpaired) electrons. The highest BCUT2D eigenvalue weighted by Gasteiger charge is 2.17. The van der Waals surface area contributed by atoms with Gasteiger partial charge in [0.05, 0.1) is 5.56 Å². The lowest BCUT2D eigenvalue weighted by Crippen LogP contribution is -2.16. The summed E-state index contributed by atoms with van der Waals surface area (Å²) < 4.78 is 52.9. The maximum absolute atomic E-state index is 13.5. The van der Waals surface area contributed by atoms with E-state index in [2.05, 4.69) is 0 Å². The summed E-state index contributed by atoms with van der Waals surface area (Å²) in [7, 11) is 0. The maximum Gasteiger partial charge on any atom is 0.258 e. The van der Waals surface area contributed by atoms with E-state index in [1.54, 1.807) is 0 Å². The molecule has 20 heavy (non-hydrogen) atoms. The molecule has 3 nitrogen and oxygen atoms in total. The molecule has 2 aromatic rings. The van der Waals surface area contributed by atoms with Gasteiger partial charge in [-0.05, 0) is 18.2 Å². The third kappa shape index (κ3) is 2.71. The molecule has 0 aliphatic rings. The predicted molar refractivity (Wildman–Crippen MR) is 65.1 cm³/mol. The van der Waals surface area contributed by atoms with E-state index >= 15 is 0 Å². The fourth-order valence-electron chi connectivity index (χ4n) is 1.56. The molecule has 0 spiro atoms. The standard InChI is InChI=1S/C13H8F4N2O/c14-6-3-10(16)12(11(17)4-6)19-13(20)8-2-1-7(18)5-9(8)15/h1-5H,18H2,(H,19,20). The highest BCUT2D eigenvalue weighted by molar-refractivity contribution is 6.04. The number of benzene rings is 2. The van der Waals surface area contributed by atoms with Gasteiger partial charge in [-0.1, -0.05) is 0 Å². The zero-order valence-corrected chi connectivity index (χ0v) is 9.88. The van der Waals surface area contributed by atoms with Gasteiger partial charge in [0.15, 0.2) is 11.6 Å². The Kier molecular flexibility index (Phi) is 3.60. The Bertz CT molecular complexity index is 665. The first kappa shape index (κ1) is 13.9. The number of rotatable bonds is 2. The molecule has 0 unspecified atom stereocenters. The van der Waals surface area contributed by atoms with Gasteiger partial charge in [-0.15, -0.1) is 0 Å². The van der Waals surface area contributed by atoms with Crippen molar-refractivity contribution in [3.8, 4) is 0 Å². The van der Waals surface area contributed by atoms with Gasteiger partial charge in [0.1, 0.15) is 17.3 Å². The Hall–Kier alpha value is -2.57. The molecule has 0 fully saturated rings. The second-order valence-corrected chi connectivity index (χ2v) is 3.94. The van der Waals surface area contributed by atoms with Crippen LogP contribution in [0.3, 0.4) is 0 Å². The van der Waals surface area contributed by atoms with Crippen LogP contribution >= 0.6 is 0 Å². The first-order valence-corrected chi connectivity index (χ1v) is 5.39. The van der Waals surface area contributed by atoms with Crippen molar-refractivity contribution in [1.82, 2.24) is 0 Å². The molecule has 7 heteroatoms. The van der Waals surface area contributed by atoms with Gasteiger partial charge in [0, 0.05) is 17.8 Å². The van der Waals surface area contributed by atoms with E-state index in [0.29, 0.717) is 12.1 Å². The summed E-state index contributed by atoms with van der Waals surface area (Å²) in [6.45, 7) is 0. The molecule has 0 heterocycles. The Morgan fingerprint density at radius 2 is 1.55 bits per heavy atom. The molecule has 0 atom stereocenters. The van der Waals surface area contributed by atoms with Crippen LogP contribution in [0.5, 0.6) is 0 Å². The number of anilines is 2. The zero-order valence-electron chi connectivity index (χ0n) is 9.88. The monoisotopic (exact) mass is 284 g/mol. The lowest BCUT2D eigenvalue weighted by molar-refractivity contribution is 0.102. The molecule has 0 saturated carbocycles. The molecule has 1 amide bonds. The summed E-state index contributed by atoms with van der Waals surface area (Å²) in [6.07, 6.45) is 0. The number of nitrogens with one attached hydrogen (secondary N) is 1. The van der Waals surface area contributed by atoms with E-state index in [9.17, 15) is 22.4 Å². The molecular formula is C13H8F4N2O. The van der Waals surface area contributed by atoms with E-state index in [0.717, 1.165) is 12.1 Å². The van der Waals surface area contributed by atoms with Crippen LogP contribution in [0.4, 0.5) is 28.9 Å². The third-order valence-electron chi connectivity index (χ3n) is 2.48. The number of carbonyl (C=O) groups excluding carboxylic acids is 1. The number of nitrogens with two attached hydrogens (primary N) is 1. The van der Waals surface area contributed by atoms with Crippen molar-refractivity contribution in [3.05, 3.63) is 59.2 Å². The molecule has 2 rings (SSSR count). The largest absolute Gasteiger partial charge is 0.399 e. The topological polar surface area (TPSA) is 55.1 Å². The fraction of sp³-hybridized carbons (Fsp3) is 0. The smallest absolute Gasteiger partial charge is 0.258 e. The van der Waals surface area contributed by atoms with E-state index < -0.39 is 40.4 Å². The third-order valence-corrected chi connectivity index (χ3v) is 2.48. The van der Waals surface area contributed by atoms with Crippen molar-refractivity contribution in [2.75, 3.05) is 11.1 Å². The number of nitrogen functional groups attached to an aromatic ring is 1. The summed E-state index contributed by atoms with van der Waals surface area (Å²) in [5, 5.41) is 1.85. The lowest BCUT2D eigenvalue weighted by atomic mass is 10.1. The van der Waals surface area contributed by atoms with Crippen LogP contribution in [-0.2, 0) is 0 Å². The number of hydrogen-bond acceptors (Lipinski definition) is 2. The Labute approximate surface area is 111 Å². The minimum Gasteiger partial charge on any atom is -0.399 e. The van der Waals surface area contributed by atoms with Crippen molar-refractivity contribution in [2.24, 2.45) is 0 Å². The number of carbonyl (C=O) groups is 1. The molecule has 0 aliphatic carbocycles. The molecule has 0 aliphatic heterocycles. The average molecular weight is 284 g/mol. The van der Waals surface area contributed by atoms with Gasteiger partial charge in [0.25, 0.3) is 5.91 Å². The van der Waals surface area contributed by atoms with Crippen LogP contribution in [0.15, 0.2) is 30.3 Å².